The Kier molecular flexibility index (Phi) is 4.76. The number of benzene rings is 3. The van der Waals surface area contributed by atoms with Crippen molar-refractivity contribution < 1.29 is 4.79 Å². The lowest BCUT2D eigenvalue weighted by Crippen LogP contribution is -2.13. The molecule has 0 saturated carbocycles. The maximum atomic E-state index is 11.9. The van der Waals surface area contributed by atoms with Crippen LogP contribution in [0.5, 0.6) is 0 Å². The molecular formula is C19H17NOS. The number of carbonyl (C=O) groups excluding carboxylic acids is 1. The lowest BCUT2D eigenvalue weighted by molar-refractivity contribution is -0.113. The fraction of sp³-hybridized carbons (Fsp3) is 0.105. The summed E-state index contributed by atoms with van der Waals surface area (Å²) in [6.45, 7) is 0. The average Bonchev–Trinajstić information content (AvgIpc) is 2.56. The third-order valence-corrected chi connectivity index (χ3v) is 4.41. The largest absolute Gasteiger partial charge is 0.325 e. The van der Waals surface area contributed by atoms with Gasteiger partial charge in [0.25, 0.3) is 0 Å². The summed E-state index contributed by atoms with van der Waals surface area (Å²) in [6, 6.07) is 24.2. The van der Waals surface area contributed by atoms with Gasteiger partial charge in [-0.1, -0.05) is 60.7 Å². The summed E-state index contributed by atoms with van der Waals surface area (Å²) >= 11 is 1.64. The van der Waals surface area contributed by atoms with Crippen LogP contribution in [0.4, 0.5) is 5.69 Å². The van der Waals surface area contributed by atoms with Crippen molar-refractivity contribution in [1.82, 2.24) is 0 Å². The van der Waals surface area contributed by atoms with Crippen LogP contribution in [0.15, 0.2) is 72.8 Å². The number of hydrogen-bond acceptors (Lipinski definition) is 2. The number of para-hydroxylation sites is 1. The number of carbonyl (C=O) groups is 1. The van der Waals surface area contributed by atoms with Gasteiger partial charge in [0.05, 0.1) is 5.75 Å². The maximum Gasteiger partial charge on any atom is 0.234 e. The molecule has 0 unspecified atom stereocenters. The Morgan fingerprint density at radius 1 is 0.864 bits per heavy atom. The predicted molar refractivity (Wildman–Crippen MR) is 95.2 cm³/mol. The number of nitrogens with one attached hydrogen (secondary N) is 1. The Balaban J connectivity index is 1.57. The normalized spacial score (nSPS) is 10.5. The SMILES string of the molecule is O=C(CSCc1cccc2ccccc12)Nc1ccccc1. The van der Waals surface area contributed by atoms with Gasteiger partial charge in [-0.2, -0.15) is 0 Å². The van der Waals surface area contributed by atoms with E-state index in [0.717, 1.165) is 11.4 Å². The highest BCUT2D eigenvalue weighted by Gasteiger charge is 2.04. The third-order valence-electron chi connectivity index (χ3n) is 3.43. The van der Waals surface area contributed by atoms with Crippen LogP contribution in [-0.2, 0) is 10.5 Å². The minimum absolute atomic E-state index is 0.0384. The fourth-order valence-electron chi connectivity index (χ4n) is 2.39. The number of anilines is 1. The standard InChI is InChI=1S/C19H17NOS/c21-19(20-17-10-2-1-3-11-17)14-22-13-16-9-6-8-15-7-4-5-12-18(15)16/h1-12H,13-14H2,(H,20,21). The molecule has 0 spiro atoms. The zero-order valence-electron chi connectivity index (χ0n) is 12.2. The van der Waals surface area contributed by atoms with E-state index in [9.17, 15) is 4.79 Å². The van der Waals surface area contributed by atoms with Crippen molar-refractivity contribution in [2.24, 2.45) is 0 Å². The van der Waals surface area contributed by atoms with Crippen LogP contribution in [0.25, 0.3) is 10.8 Å². The molecule has 0 radical (unpaired) electrons. The van der Waals surface area contributed by atoms with E-state index >= 15 is 0 Å². The molecule has 0 aromatic heterocycles. The van der Waals surface area contributed by atoms with Crippen molar-refractivity contribution in [1.29, 1.82) is 0 Å². The van der Waals surface area contributed by atoms with Crippen molar-refractivity contribution in [3.63, 3.8) is 0 Å². The minimum Gasteiger partial charge on any atom is -0.325 e. The highest BCUT2D eigenvalue weighted by Crippen LogP contribution is 2.22. The lowest BCUT2D eigenvalue weighted by Gasteiger charge is -2.07. The molecule has 0 aliphatic carbocycles. The second kappa shape index (κ2) is 7.14. The predicted octanol–water partition coefficient (Wildman–Crippen LogP) is 4.71. The molecule has 1 N–H and O–H groups in total. The van der Waals surface area contributed by atoms with Gasteiger partial charge in [-0.3, -0.25) is 4.79 Å². The summed E-state index contributed by atoms with van der Waals surface area (Å²) in [5, 5.41) is 5.42. The molecule has 0 aliphatic rings. The molecule has 0 fully saturated rings. The van der Waals surface area contributed by atoms with Crippen LogP contribution < -0.4 is 5.32 Å². The van der Waals surface area contributed by atoms with Crippen molar-refractivity contribution in [3.8, 4) is 0 Å². The Morgan fingerprint density at radius 2 is 1.59 bits per heavy atom. The molecule has 3 rings (SSSR count). The van der Waals surface area contributed by atoms with Gasteiger partial charge in [-0.15, -0.1) is 11.8 Å². The van der Waals surface area contributed by atoms with Crippen molar-refractivity contribution in [2.75, 3.05) is 11.1 Å². The lowest BCUT2D eigenvalue weighted by atomic mass is 10.1. The van der Waals surface area contributed by atoms with Crippen molar-refractivity contribution >= 4 is 34.1 Å². The smallest absolute Gasteiger partial charge is 0.234 e. The molecule has 0 bridgehead atoms. The van der Waals surface area contributed by atoms with E-state index in [1.807, 2.05) is 36.4 Å². The summed E-state index contributed by atoms with van der Waals surface area (Å²) in [6.07, 6.45) is 0. The molecule has 110 valence electrons. The Bertz CT molecular complexity index is 765. The van der Waals surface area contributed by atoms with Gasteiger partial charge in [0.15, 0.2) is 0 Å². The molecular weight excluding hydrogens is 290 g/mol. The molecule has 3 aromatic rings. The quantitative estimate of drug-likeness (QED) is 0.739. The van der Waals surface area contributed by atoms with E-state index in [0.29, 0.717) is 5.75 Å². The zero-order valence-corrected chi connectivity index (χ0v) is 13.0. The zero-order chi connectivity index (χ0) is 15.2. The van der Waals surface area contributed by atoms with Gasteiger partial charge >= 0.3 is 0 Å². The Morgan fingerprint density at radius 3 is 2.45 bits per heavy atom. The first-order valence-electron chi connectivity index (χ1n) is 7.22. The van der Waals surface area contributed by atoms with Crippen LogP contribution >= 0.6 is 11.8 Å². The fourth-order valence-corrected chi connectivity index (χ4v) is 3.22. The number of fused-ring (bicyclic) bond motifs is 1. The Labute approximate surface area is 134 Å². The first-order valence-corrected chi connectivity index (χ1v) is 8.38. The van der Waals surface area contributed by atoms with Crippen molar-refractivity contribution in [3.05, 3.63) is 78.4 Å². The number of hydrogen-bond donors (Lipinski definition) is 1. The van der Waals surface area contributed by atoms with E-state index in [2.05, 4.69) is 41.7 Å². The van der Waals surface area contributed by atoms with Gasteiger partial charge in [0, 0.05) is 11.4 Å². The molecule has 22 heavy (non-hydrogen) atoms. The monoisotopic (exact) mass is 307 g/mol. The van der Waals surface area contributed by atoms with Crippen LogP contribution in [-0.4, -0.2) is 11.7 Å². The highest BCUT2D eigenvalue weighted by molar-refractivity contribution is 7.99. The molecule has 0 heterocycles. The molecule has 3 heteroatoms. The third kappa shape index (κ3) is 3.68. The van der Waals surface area contributed by atoms with E-state index in [1.165, 1.54) is 16.3 Å². The number of thioether (sulfide) groups is 1. The molecule has 0 saturated heterocycles. The van der Waals surface area contributed by atoms with Crippen LogP contribution in [0.2, 0.25) is 0 Å². The van der Waals surface area contributed by atoms with Gasteiger partial charge in [-0.25, -0.2) is 0 Å². The first kappa shape index (κ1) is 14.7. The second-order valence-corrected chi connectivity index (χ2v) is 6.03. The molecule has 2 nitrogen and oxygen atoms in total. The van der Waals surface area contributed by atoms with Crippen LogP contribution in [0, 0.1) is 0 Å². The average molecular weight is 307 g/mol. The van der Waals surface area contributed by atoms with Crippen molar-refractivity contribution in [2.45, 2.75) is 5.75 Å². The molecule has 0 aliphatic heterocycles. The number of rotatable bonds is 5. The summed E-state index contributed by atoms with van der Waals surface area (Å²) < 4.78 is 0. The highest BCUT2D eigenvalue weighted by atomic mass is 32.2. The van der Waals surface area contributed by atoms with E-state index in [-0.39, 0.29) is 5.91 Å². The van der Waals surface area contributed by atoms with E-state index in [4.69, 9.17) is 0 Å². The first-order chi connectivity index (χ1) is 10.8. The summed E-state index contributed by atoms with van der Waals surface area (Å²) in [4.78, 5) is 11.9. The Hall–Kier alpha value is -2.26. The van der Waals surface area contributed by atoms with Gasteiger partial charge in [0.1, 0.15) is 0 Å². The number of amides is 1. The van der Waals surface area contributed by atoms with Crippen LogP contribution in [0.1, 0.15) is 5.56 Å². The molecule has 0 atom stereocenters. The molecule has 3 aromatic carbocycles. The van der Waals surface area contributed by atoms with Crippen LogP contribution in [0.3, 0.4) is 0 Å². The second-order valence-electron chi connectivity index (χ2n) is 5.05. The van der Waals surface area contributed by atoms with E-state index in [1.54, 1.807) is 11.8 Å². The summed E-state index contributed by atoms with van der Waals surface area (Å²) in [5.41, 5.74) is 2.12. The summed E-state index contributed by atoms with van der Waals surface area (Å²) in [5.74, 6) is 1.33. The van der Waals surface area contributed by atoms with E-state index < -0.39 is 0 Å². The topological polar surface area (TPSA) is 29.1 Å². The molecule has 1 amide bonds. The minimum atomic E-state index is 0.0384. The maximum absolute atomic E-state index is 11.9. The van der Waals surface area contributed by atoms with Gasteiger partial charge in [-0.05, 0) is 28.5 Å². The summed E-state index contributed by atoms with van der Waals surface area (Å²) in [7, 11) is 0. The van der Waals surface area contributed by atoms with Gasteiger partial charge < -0.3 is 5.32 Å². The van der Waals surface area contributed by atoms with Gasteiger partial charge in [0.2, 0.25) is 5.91 Å².